The van der Waals surface area contributed by atoms with Crippen LogP contribution in [0.4, 0.5) is 4.39 Å². The third kappa shape index (κ3) is 2.96. The molecule has 3 nitrogen and oxygen atoms in total. The van der Waals surface area contributed by atoms with E-state index in [1.807, 2.05) is 12.4 Å². The maximum Gasteiger partial charge on any atom is 0.123 e. The van der Waals surface area contributed by atoms with Crippen molar-refractivity contribution in [2.75, 3.05) is 0 Å². The van der Waals surface area contributed by atoms with Crippen LogP contribution in [0.1, 0.15) is 31.3 Å². The molecule has 2 rings (SSSR count). The second-order valence-electron chi connectivity index (χ2n) is 4.28. The minimum atomic E-state index is -0.201. The minimum absolute atomic E-state index is 0.174. The highest BCUT2D eigenvalue weighted by atomic mass is 19.1. The molecule has 0 spiro atoms. The number of nitrogens with one attached hydrogen (secondary N) is 1. The Labute approximate surface area is 107 Å². The van der Waals surface area contributed by atoms with Crippen LogP contribution in [0.25, 0.3) is 0 Å². The lowest BCUT2D eigenvalue weighted by Gasteiger charge is -2.14. The molecule has 1 aromatic heterocycles. The molecule has 0 saturated carbocycles. The Bertz CT molecular complexity index is 490. The summed E-state index contributed by atoms with van der Waals surface area (Å²) in [7, 11) is 0. The first-order valence-electron chi connectivity index (χ1n) is 6.19. The second-order valence-corrected chi connectivity index (χ2v) is 4.28. The van der Waals surface area contributed by atoms with E-state index in [0.717, 1.165) is 17.9 Å². The number of hydrogen-bond donors (Lipinski definition) is 1. The maximum atomic E-state index is 12.8. The first-order chi connectivity index (χ1) is 8.70. The molecule has 18 heavy (non-hydrogen) atoms. The van der Waals surface area contributed by atoms with Gasteiger partial charge in [0.25, 0.3) is 0 Å². The van der Waals surface area contributed by atoms with E-state index < -0.39 is 0 Å². The fourth-order valence-electron chi connectivity index (χ4n) is 1.91. The molecular formula is C14H18FN3. The highest BCUT2D eigenvalue weighted by Crippen LogP contribution is 2.13. The normalized spacial score (nSPS) is 12.6. The number of aromatic nitrogens is 2. The smallest absolute Gasteiger partial charge is 0.123 e. The van der Waals surface area contributed by atoms with Gasteiger partial charge in [0.05, 0.1) is 6.54 Å². The van der Waals surface area contributed by atoms with Crippen LogP contribution < -0.4 is 5.32 Å². The van der Waals surface area contributed by atoms with Crippen molar-refractivity contribution in [3.8, 4) is 0 Å². The van der Waals surface area contributed by atoms with Crippen molar-refractivity contribution in [1.82, 2.24) is 14.9 Å². The Morgan fingerprint density at radius 1 is 1.33 bits per heavy atom. The average Bonchev–Trinajstić information content (AvgIpc) is 2.84. The molecule has 0 aliphatic heterocycles. The van der Waals surface area contributed by atoms with Crippen molar-refractivity contribution < 1.29 is 4.39 Å². The zero-order valence-corrected chi connectivity index (χ0v) is 10.7. The topological polar surface area (TPSA) is 29.9 Å². The van der Waals surface area contributed by atoms with Crippen molar-refractivity contribution in [2.45, 2.75) is 33.0 Å². The number of aryl methyl sites for hydroxylation is 1. The number of imidazole rings is 1. The molecule has 4 heteroatoms. The lowest BCUT2D eigenvalue weighted by atomic mass is 10.1. The summed E-state index contributed by atoms with van der Waals surface area (Å²) in [4.78, 5) is 4.31. The Morgan fingerprint density at radius 3 is 2.72 bits per heavy atom. The fourth-order valence-corrected chi connectivity index (χ4v) is 1.91. The average molecular weight is 247 g/mol. The quantitative estimate of drug-likeness (QED) is 0.880. The molecule has 1 atom stereocenters. The van der Waals surface area contributed by atoms with E-state index in [1.54, 1.807) is 12.1 Å². The Morgan fingerprint density at radius 2 is 2.06 bits per heavy atom. The summed E-state index contributed by atoms with van der Waals surface area (Å²) in [6.07, 6.45) is 3.78. The van der Waals surface area contributed by atoms with Crippen LogP contribution in [0, 0.1) is 5.82 Å². The lowest BCUT2D eigenvalue weighted by Crippen LogP contribution is -2.20. The molecule has 1 heterocycles. The van der Waals surface area contributed by atoms with Gasteiger partial charge in [0.15, 0.2) is 0 Å². The van der Waals surface area contributed by atoms with Gasteiger partial charge in [-0.25, -0.2) is 9.37 Å². The van der Waals surface area contributed by atoms with Gasteiger partial charge in [0, 0.05) is 25.0 Å². The molecule has 0 aliphatic carbocycles. The van der Waals surface area contributed by atoms with Crippen LogP contribution in [-0.2, 0) is 13.1 Å². The van der Waals surface area contributed by atoms with Crippen LogP contribution in [0.3, 0.4) is 0 Å². The zero-order valence-electron chi connectivity index (χ0n) is 10.7. The SMILES string of the molecule is CCn1ccnc1CNC(C)c1ccc(F)cc1. The monoisotopic (exact) mass is 247 g/mol. The number of benzene rings is 1. The van der Waals surface area contributed by atoms with Crippen LogP contribution in [0.2, 0.25) is 0 Å². The van der Waals surface area contributed by atoms with Crippen molar-refractivity contribution in [1.29, 1.82) is 0 Å². The van der Waals surface area contributed by atoms with Crippen LogP contribution in [0.15, 0.2) is 36.7 Å². The standard InChI is InChI=1S/C14H18FN3/c1-3-18-9-8-16-14(18)10-17-11(2)12-4-6-13(15)7-5-12/h4-9,11,17H,3,10H2,1-2H3. The lowest BCUT2D eigenvalue weighted by molar-refractivity contribution is 0.538. The van der Waals surface area contributed by atoms with E-state index in [0.29, 0.717) is 6.54 Å². The van der Waals surface area contributed by atoms with E-state index in [-0.39, 0.29) is 11.9 Å². The van der Waals surface area contributed by atoms with Crippen molar-refractivity contribution in [3.63, 3.8) is 0 Å². The predicted molar refractivity (Wildman–Crippen MR) is 69.6 cm³/mol. The molecule has 0 radical (unpaired) electrons. The van der Waals surface area contributed by atoms with E-state index in [2.05, 4.69) is 28.7 Å². The van der Waals surface area contributed by atoms with Crippen molar-refractivity contribution >= 4 is 0 Å². The van der Waals surface area contributed by atoms with Crippen LogP contribution >= 0.6 is 0 Å². The largest absolute Gasteiger partial charge is 0.334 e. The Hall–Kier alpha value is -1.68. The van der Waals surface area contributed by atoms with Crippen molar-refractivity contribution in [2.24, 2.45) is 0 Å². The second kappa shape index (κ2) is 5.78. The van der Waals surface area contributed by atoms with Crippen molar-refractivity contribution in [3.05, 3.63) is 53.9 Å². The molecule has 1 unspecified atom stereocenters. The summed E-state index contributed by atoms with van der Waals surface area (Å²) in [6, 6.07) is 6.76. The van der Waals surface area contributed by atoms with E-state index in [4.69, 9.17) is 0 Å². The van der Waals surface area contributed by atoms with Gasteiger partial charge in [-0.15, -0.1) is 0 Å². The summed E-state index contributed by atoms with van der Waals surface area (Å²) in [5.74, 6) is 0.818. The summed E-state index contributed by atoms with van der Waals surface area (Å²) in [5, 5.41) is 3.39. The number of hydrogen-bond acceptors (Lipinski definition) is 2. The molecule has 1 N–H and O–H groups in total. The first-order valence-corrected chi connectivity index (χ1v) is 6.19. The van der Waals surface area contributed by atoms with Crippen LogP contribution in [-0.4, -0.2) is 9.55 Å². The maximum absolute atomic E-state index is 12.8. The Kier molecular flexibility index (Phi) is 4.10. The van der Waals surface area contributed by atoms with E-state index in [9.17, 15) is 4.39 Å². The molecule has 0 amide bonds. The third-order valence-electron chi connectivity index (χ3n) is 3.08. The highest BCUT2D eigenvalue weighted by Gasteiger charge is 2.07. The molecule has 0 fully saturated rings. The summed E-state index contributed by atoms with van der Waals surface area (Å²) in [6.45, 7) is 5.78. The molecule has 0 saturated heterocycles. The zero-order chi connectivity index (χ0) is 13.0. The van der Waals surface area contributed by atoms with Gasteiger partial charge in [0.2, 0.25) is 0 Å². The van der Waals surface area contributed by atoms with Gasteiger partial charge in [-0.2, -0.15) is 0 Å². The van der Waals surface area contributed by atoms with Gasteiger partial charge in [-0.05, 0) is 31.5 Å². The summed E-state index contributed by atoms with van der Waals surface area (Å²) < 4.78 is 14.9. The molecular weight excluding hydrogens is 229 g/mol. The highest BCUT2D eigenvalue weighted by molar-refractivity contribution is 5.19. The van der Waals surface area contributed by atoms with Gasteiger partial charge >= 0.3 is 0 Å². The number of rotatable bonds is 5. The summed E-state index contributed by atoms with van der Waals surface area (Å²) >= 11 is 0. The fraction of sp³-hybridized carbons (Fsp3) is 0.357. The van der Waals surface area contributed by atoms with Gasteiger partial charge in [0.1, 0.15) is 11.6 Å². The molecule has 96 valence electrons. The number of halogens is 1. The Balaban J connectivity index is 1.96. The number of nitrogens with zero attached hydrogens (tertiary/aromatic N) is 2. The van der Waals surface area contributed by atoms with E-state index >= 15 is 0 Å². The van der Waals surface area contributed by atoms with Gasteiger partial charge < -0.3 is 9.88 Å². The van der Waals surface area contributed by atoms with Crippen LogP contribution in [0.5, 0.6) is 0 Å². The molecule has 0 bridgehead atoms. The minimum Gasteiger partial charge on any atom is -0.334 e. The summed E-state index contributed by atoms with van der Waals surface area (Å²) in [5.41, 5.74) is 1.08. The third-order valence-corrected chi connectivity index (χ3v) is 3.08. The first kappa shape index (κ1) is 12.8. The molecule has 0 aliphatic rings. The molecule has 1 aromatic carbocycles. The van der Waals surface area contributed by atoms with E-state index in [1.165, 1.54) is 12.1 Å². The van der Waals surface area contributed by atoms with Gasteiger partial charge in [-0.3, -0.25) is 0 Å². The molecule has 2 aromatic rings. The predicted octanol–water partition coefficient (Wildman–Crippen LogP) is 2.89. The van der Waals surface area contributed by atoms with Gasteiger partial charge in [-0.1, -0.05) is 12.1 Å².